The Balaban J connectivity index is 1.94. The largest absolute Gasteiger partial charge is 0.380 e. The molecule has 20 heavy (non-hydrogen) atoms. The number of benzene rings is 2. The monoisotopic (exact) mass is 333 g/mol. The van der Waals surface area contributed by atoms with Crippen LogP contribution in [0.2, 0.25) is 0 Å². The van der Waals surface area contributed by atoms with Crippen LogP contribution in [0.3, 0.4) is 0 Å². The Hall–Kier alpha value is -1.16. The van der Waals surface area contributed by atoms with Crippen molar-refractivity contribution in [1.82, 2.24) is 5.32 Å². The van der Waals surface area contributed by atoms with Crippen LogP contribution < -0.4 is 5.32 Å². The summed E-state index contributed by atoms with van der Waals surface area (Å²) in [5.74, 6) is 0. The number of methoxy groups -OCH3 is 1. The van der Waals surface area contributed by atoms with Gasteiger partial charge >= 0.3 is 0 Å². The molecule has 106 valence electrons. The Morgan fingerprint density at radius 2 is 1.80 bits per heavy atom. The third-order valence-electron chi connectivity index (χ3n) is 3.28. The highest BCUT2D eigenvalue weighted by Crippen LogP contribution is 2.17. The van der Waals surface area contributed by atoms with Gasteiger partial charge in [0.1, 0.15) is 0 Å². The van der Waals surface area contributed by atoms with E-state index in [0.717, 1.165) is 11.0 Å². The molecule has 0 aliphatic rings. The molecule has 1 N–H and O–H groups in total. The molecule has 0 saturated carbocycles. The summed E-state index contributed by atoms with van der Waals surface area (Å²) in [6.07, 6.45) is 0. The standard InChI is InChI=1S/C17H20BrNO/c1-13(16-6-8-17(18)9-7-16)19-11-14-4-3-5-15(10-14)12-20-2/h3-10,13,19H,11-12H2,1-2H3/t13-/m1/s1. The second-order valence-corrected chi connectivity index (χ2v) is 5.82. The molecule has 0 radical (unpaired) electrons. The van der Waals surface area contributed by atoms with Gasteiger partial charge in [0.15, 0.2) is 0 Å². The molecule has 2 rings (SSSR count). The number of hydrogen-bond acceptors (Lipinski definition) is 2. The first-order valence-electron chi connectivity index (χ1n) is 6.74. The summed E-state index contributed by atoms with van der Waals surface area (Å²) < 4.78 is 6.28. The van der Waals surface area contributed by atoms with Gasteiger partial charge in [-0.15, -0.1) is 0 Å². The molecule has 0 heterocycles. The van der Waals surface area contributed by atoms with Crippen molar-refractivity contribution in [2.24, 2.45) is 0 Å². The van der Waals surface area contributed by atoms with E-state index < -0.39 is 0 Å². The van der Waals surface area contributed by atoms with Crippen LogP contribution in [0.5, 0.6) is 0 Å². The van der Waals surface area contributed by atoms with Crippen LogP contribution in [-0.2, 0) is 17.9 Å². The fourth-order valence-corrected chi connectivity index (χ4v) is 2.40. The Bertz CT molecular complexity index is 539. The van der Waals surface area contributed by atoms with E-state index in [1.54, 1.807) is 7.11 Å². The summed E-state index contributed by atoms with van der Waals surface area (Å²) in [5, 5.41) is 3.55. The van der Waals surface area contributed by atoms with E-state index in [1.807, 2.05) is 0 Å². The maximum Gasteiger partial charge on any atom is 0.0713 e. The van der Waals surface area contributed by atoms with Crippen LogP contribution >= 0.6 is 15.9 Å². The quantitative estimate of drug-likeness (QED) is 0.843. The molecule has 0 fully saturated rings. The van der Waals surface area contributed by atoms with Crippen molar-refractivity contribution in [3.63, 3.8) is 0 Å². The Morgan fingerprint density at radius 3 is 2.50 bits per heavy atom. The minimum atomic E-state index is 0.328. The van der Waals surface area contributed by atoms with Gasteiger partial charge in [-0.3, -0.25) is 0 Å². The lowest BCUT2D eigenvalue weighted by molar-refractivity contribution is 0.185. The summed E-state index contributed by atoms with van der Waals surface area (Å²) in [6, 6.07) is 17.3. The summed E-state index contributed by atoms with van der Waals surface area (Å²) in [6.45, 7) is 3.70. The van der Waals surface area contributed by atoms with E-state index in [0.29, 0.717) is 12.6 Å². The molecule has 2 aromatic rings. The van der Waals surface area contributed by atoms with Crippen LogP contribution in [0.15, 0.2) is 53.0 Å². The molecule has 0 bridgehead atoms. The Labute approximate surface area is 129 Å². The number of nitrogens with one attached hydrogen (secondary N) is 1. The van der Waals surface area contributed by atoms with E-state index in [9.17, 15) is 0 Å². The van der Waals surface area contributed by atoms with Crippen molar-refractivity contribution in [1.29, 1.82) is 0 Å². The van der Waals surface area contributed by atoms with Gasteiger partial charge in [-0.25, -0.2) is 0 Å². The minimum absolute atomic E-state index is 0.328. The zero-order chi connectivity index (χ0) is 14.4. The molecular formula is C17H20BrNO. The predicted octanol–water partition coefficient (Wildman–Crippen LogP) is 4.45. The number of rotatable bonds is 6. The predicted molar refractivity (Wildman–Crippen MR) is 86.6 cm³/mol. The number of ether oxygens (including phenoxy) is 1. The van der Waals surface area contributed by atoms with Crippen molar-refractivity contribution in [2.45, 2.75) is 26.1 Å². The van der Waals surface area contributed by atoms with E-state index in [4.69, 9.17) is 4.74 Å². The number of halogens is 1. The van der Waals surface area contributed by atoms with Gasteiger partial charge in [-0.05, 0) is 35.7 Å². The Morgan fingerprint density at radius 1 is 1.10 bits per heavy atom. The molecule has 0 aliphatic heterocycles. The zero-order valence-electron chi connectivity index (χ0n) is 11.9. The molecule has 1 atom stereocenters. The van der Waals surface area contributed by atoms with Crippen LogP contribution in [0.4, 0.5) is 0 Å². The molecule has 0 unspecified atom stereocenters. The van der Waals surface area contributed by atoms with Crippen molar-refractivity contribution in [2.75, 3.05) is 7.11 Å². The van der Waals surface area contributed by atoms with Gasteiger partial charge in [0.25, 0.3) is 0 Å². The summed E-state index contributed by atoms with van der Waals surface area (Å²) in [4.78, 5) is 0. The normalized spacial score (nSPS) is 12.3. The molecule has 0 amide bonds. The zero-order valence-corrected chi connectivity index (χ0v) is 13.5. The third-order valence-corrected chi connectivity index (χ3v) is 3.81. The molecule has 2 aromatic carbocycles. The van der Waals surface area contributed by atoms with Gasteiger partial charge in [-0.1, -0.05) is 52.3 Å². The second kappa shape index (κ2) is 7.58. The van der Waals surface area contributed by atoms with Gasteiger partial charge < -0.3 is 10.1 Å². The smallest absolute Gasteiger partial charge is 0.0713 e. The first-order valence-corrected chi connectivity index (χ1v) is 7.54. The summed E-state index contributed by atoms with van der Waals surface area (Å²) >= 11 is 3.46. The van der Waals surface area contributed by atoms with Crippen molar-refractivity contribution >= 4 is 15.9 Å². The maximum atomic E-state index is 5.16. The van der Waals surface area contributed by atoms with E-state index >= 15 is 0 Å². The molecule has 0 aliphatic carbocycles. The maximum absolute atomic E-state index is 5.16. The van der Waals surface area contributed by atoms with Crippen molar-refractivity contribution in [3.05, 3.63) is 69.7 Å². The molecular weight excluding hydrogens is 314 g/mol. The first-order chi connectivity index (χ1) is 9.69. The van der Waals surface area contributed by atoms with Gasteiger partial charge in [-0.2, -0.15) is 0 Å². The average molecular weight is 334 g/mol. The fraction of sp³-hybridized carbons (Fsp3) is 0.294. The number of hydrogen-bond donors (Lipinski definition) is 1. The van der Waals surface area contributed by atoms with E-state index in [2.05, 4.69) is 76.7 Å². The lowest BCUT2D eigenvalue weighted by atomic mass is 10.1. The van der Waals surface area contributed by atoms with Crippen LogP contribution in [0.1, 0.15) is 29.7 Å². The van der Waals surface area contributed by atoms with Gasteiger partial charge in [0, 0.05) is 24.2 Å². The second-order valence-electron chi connectivity index (χ2n) is 4.91. The highest BCUT2D eigenvalue weighted by Gasteiger charge is 2.05. The highest BCUT2D eigenvalue weighted by molar-refractivity contribution is 9.10. The lowest BCUT2D eigenvalue weighted by Crippen LogP contribution is -2.18. The van der Waals surface area contributed by atoms with Crippen LogP contribution in [-0.4, -0.2) is 7.11 Å². The molecule has 3 heteroatoms. The molecule has 0 saturated heterocycles. The SMILES string of the molecule is COCc1cccc(CN[C@H](C)c2ccc(Br)cc2)c1. The average Bonchev–Trinajstić information content (AvgIpc) is 2.46. The fourth-order valence-electron chi connectivity index (χ4n) is 2.14. The Kier molecular flexibility index (Phi) is 5.77. The third kappa shape index (κ3) is 4.44. The van der Waals surface area contributed by atoms with Crippen molar-refractivity contribution < 1.29 is 4.74 Å². The van der Waals surface area contributed by atoms with Gasteiger partial charge in [0.05, 0.1) is 6.61 Å². The molecule has 0 spiro atoms. The lowest BCUT2D eigenvalue weighted by Gasteiger charge is -2.15. The van der Waals surface area contributed by atoms with E-state index in [1.165, 1.54) is 16.7 Å². The molecule has 2 nitrogen and oxygen atoms in total. The first kappa shape index (κ1) is 15.2. The van der Waals surface area contributed by atoms with Crippen molar-refractivity contribution in [3.8, 4) is 0 Å². The topological polar surface area (TPSA) is 21.3 Å². The minimum Gasteiger partial charge on any atom is -0.380 e. The molecule has 0 aromatic heterocycles. The highest BCUT2D eigenvalue weighted by atomic mass is 79.9. The van der Waals surface area contributed by atoms with Crippen LogP contribution in [0, 0.1) is 0 Å². The summed E-state index contributed by atoms with van der Waals surface area (Å²) in [5.41, 5.74) is 3.79. The summed E-state index contributed by atoms with van der Waals surface area (Å²) in [7, 11) is 1.72. The van der Waals surface area contributed by atoms with Crippen LogP contribution in [0.25, 0.3) is 0 Å². The van der Waals surface area contributed by atoms with Gasteiger partial charge in [0.2, 0.25) is 0 Å². The van der Waals surface area contributed by atoms with E-state index in [-0.39, 0.29) is 0 Å².